The van der Waals surface area contributed by atoms with Crippen LogP contribution in [0.5, 0.6) is 5.75 Å². The average molecular weight is 249 g/mol. The van der Waals surface area contributed by atoms with E-state index in [4.69, 9.17) is 10.00 Å². The van der Waals surface area contributed by atoms with Crippen molar-refractivity contribution in [2.75, 3.05) is 13.2 Å². The molecule has 18 heavy (non-hydrogen) atoms. The van der Waals surface area contributed by atoms with E-state index in [1.807, 2.05) is 19.9 Å². The lowest BCUT2D eigenvalue weighted by molar-refractivity contribution is -0.385. The maximum absolute atomic E-state index is 10.8. The highest BCUT2D eigenvalue weighted by Crippen LogP contribution is 2.27. The first-order valence-electron chi connectivity index (χ1n) is 5.59. The van der Waals surface area contributed by atoms with E-state index >= 15 is 0 Å². The van der Waals surface area contributed by atoms with Crippen molar-refractivity contribution in [3.63, 3.8) is 0 Å². The molecule has 0 aromatic heterocycles. The first-order valence-corrected chi connectivity index (χ1v) is 5.59. The zero-order valence-electron chi connectivity index (χ0n) is 10.3. The van der Waals surface area contributed by atoms with Gasteiger partial charge in [0.2, 0.25) is 0 Å². The van der Waals surface area contributed by atoms with E-state index in [0.717, 1.165) is 5.56 Å². The number of nitrogens with one attached hydrogen (secondary N) is 1. The van der Waals surface area contributed by atoms with Gasteiger partial charge >= 0.3 is 5.69 Å². The fourth-order valence-electron chi connectivity index (χ4n) is 1.45. The van der Waals surface area contributed by atoms with Crippen molar-refractivity contribution in [2.45, 2.75) is 19.9 Å². The standard InChI is InChI=1S/C12H15N3O3/c1-3-14-10(7-13)8-18-12-6-9(2)4-5-11(12)15(16)17/h4-6,10,14H,3,8H2,1-2H3. The van der Waals surface area contributed by atoms with Crippen LogP contribution in [0.1, 0.15) is 12.5 Å². The Bertz CT molecular complexity index is 468. The molecule has 0 saturated carbocycles. The van der Waals surface area contributed by atoms with Crippen molar-refractivity contribution in [1.29, 1.82) is 5.26 Å². The van der Waals surface area contributed by atoms with Crippen LogP contribution in [-0.2, 0) is 0 Å². The highest BCUT2D eigenvalue weighted by molar-refractivity contribution is 5.48. The number of nitrogens with zero attached hydrogens (tertiary/aromatic N) is 2. The van der Waals surface area contributed by atoms with Crippen LogP contribution in [0.3, 0.4) is 0 Å². The first-order chi connectivity index (χ1) is 8.58. The van der Waals surface area contributed by atoms with Gasteiger partial charge in [-0.05, 0) is 25.1 Å². The van der Waals surface area contributed by atoms with Gasteiger partial charge < -0.3 is 4.74 Å². The van der Waals surface area contributed by atoms with Gasteiger partial charge in [0.1, 0.15) is 12.6 Å². The quantitative estimate of drug-likeness (QED) is 0.613. The molecule has 1 aromatic carbocycles. The number of ether oxygens (including phenoxy) is 1. The smallest absolute Gasteiger partial charge is 0.310 e. The van der Waals surface area contributed by atoms with Crippen LogP contribution < -0.4 is 10.1 Å². The summed E-state index contributed by atoms with van der Waals surface area (Å²) < 4.78 is 5.36. The van der Waals surface area contributed by atoms with Crippen LogP contribution in [0.4, 0.5) is 5.69 Å². The molecule has 0 bridgehead atoms. The van der Waals surface area contributed by atoms with Crippen LogP contribution in [0, 0.1) is 28.4 Å². The number of rotatable bonds is 6. The molecule has 0 radical (unpaired) electrons. The lowest BCUT2D eigenvalue weighted by atomic mass is 10.2. The Morgan fingerprint density at radius 3 is 2.89 bits per heavy atom. The van der Waals surface area contributed by atoms with E-state index < -0.39 is 11.0 Å². The predicted octanol–water partition coefficient (Wildman–Crippen LogP) is 1.78. The molecule has 6 nitrogen and oxygen atoms in total. The van der Waals surface area contributed by atoms with E-state index in [1.54, 1.807) is 12.1 Å². The van der Waals surface area contributed by atoms with Crippen molar-refractivity contribution in [2.24, 2.45) is 0 Å². The Morgan fingerprint density at radius 1 is 1.61 bits per heavy atom. The molecule has 1 N–H and O–H groups in total. The molecule has 0 heterocycles. The van der Waals surface area contributed by atoms with E-state index in [2.05, 4.69) is 5.32 Å². The van der Waals surface area contributed by atoms with Gasteiger partial charge in [0.15, 0.2) is 5.75 Å². The Kier molecular flexibility index (Phi) is 5.08. The molecule has 1 aromatic rings. The number of hydrogen-bond acceptors (Lipinski definition) is 5. The molecule has 0 aliphatic rings. The summed E-state index contributed by atoms with van der Waals surface area (Å²) in [5.74, 6) is 0.193. The van der Waals surface area contributed by atoms with Gasteiger partial charge in [0.05, 0.1) is 11.0 Å². The molecule has 6 heteroatoms. The van der Waals surface area contributed by atoms with Gasteiger partial charge in [-0.25, -0.2) is 0 Å². The zero-order chi connectivity index (χ0) is 13.5. The van der Waals surface area contributed by atoms with Gasteiger partial charge in [-0.3, -0.25) is 15.4 Å². The number of benzene rings is 1. The number of aryl methyl sites for hydroxylation is 1. The minimum absolute atomic E-state index is 0.0780. The normalized spacial score (nSPS) is 11.6. The van der Waals surface area contributed by atoms with Gasteiger partial charge in [-0.1, -0.05) is 13.0 Å². The summed E-state index contributed by atoms with van der Waals surface area (Å²) in [6.07, 6.45) is 0. The SMILES string of the molecule is CCNC(C#N)COc1cc(C)ccc1[N+](=O)[O-]. The molecule has 0 spiro atoms. The maximum Gasteiger partial charge on any atom is 0.310 e. The third-order valence-electron chi connectivity index (χ3n) is 2.32. The van der Waals surface area contributed by atoms with Crippen molar-refractivity contribution in [3.8, 4) is 11.8 Å². The summed E-state index contributed by atoms with van der Waals surface area (Å²) in [6, 6.07) is 6.20. The topological polar surface area (TPSA) is 88.2 Å². The Labute approximate surface area is 105 Å². The summed E-state index contributed by atoms with van der Waals surface area (Å²) in [5.41, 5.74) is 0.779. The second-order valence-electron chi connectivity index (χ2n) is 3.78. The fourth-order valence-corrected chi connectivity index (χ4v) is 1.45. The number of likely N-dealkylation sites (N-methyl/N-ethyl adjacent to an activating group) is 1. The van der Waals surface area contributed by atoms with E-state index in [-0.39, 0.29) is 18.0 Å². The molecule has 0 saturated heterocycles. The number of nitro benzene ring substituents is 1. The number of hydrogen-bond donors (Lipinski definition) is 1. The summed E-state index contributed by atoms with van der Waals surface area (Å²) in [4.78, 5) is 10.3. The Morgan fingerprint density at radius 2 is 2.33 bits per heavy atom. The largest absolute Gasteiger partial charge is 0.484 e. The van der Waals surface area contributed by atoms with Crippen molar-refractivity contribution in [3.05, 3.63) is 33.9 Å². The Balaban J connectivity index is 2.80. The third kappa shape index (κ3) is 3.71. The molecular weight excluding hydrogens is 234 g/mol. The summed E-state index contributed by atoms with van der Waals surface area (Å²) >= 11 is 0. The van der Waals surface area contributed by atoms with Gasteiger partial charge in [0, 0.05) is 6.07 Å². The molecule has 0 aliphatic carbocycles. The van der Waals surface area contributed by atoms with E-state index in [9.17, 15) is 10.1 Å². The van der Waals surface area contributed by atoms with Crippen molar-refractivity contribution < 1.29 is 9.66 Å². The monoisotopic (exact) mass is 249 g/mol. The van der Waals surface area contributed by atoms with E-state index in [1.165, 1.54) is 6.07 Å². The lowest BCUT2D eigenvalue weighted by Gasteiger charge is -2.12. The molecular formula is C12H15N3O3. The molecule has 1 atom stereocenters. The highest BCUT2D eigenvalue weighted by atomic mass is 16.6. The number of nitro groups is 1. The third-order valence-corrected chi connectivity index (χ3v) is 2.32. The van der Waals surface area contributed by atoms with Crippen LogP contribution in [0.25, 0.3) is 0 Å². The highest BCUT2D eigenvalue weighted by Gasteiger charge is 2.16. The zero-order valence-corrected chi connectivity index (χ0v) is 10.3. The molecule has 96 valence electrons. The molecule has 1 rings (SSSR count). The van der Waals surface area contributed by atoms with Gasteiger partial charge in [0.25, 0.3) is 0 Å². The number of nitriles is 1. The first kappa shape index (κ1) is 13.9. The lowest BCUT2D eigenvalue weighted by Crippen LogP contribution is -2.33. The van der Waals surface area contributed by atoms with E-state index in [0.29, 0.717) is 6.54 Å². The minimum Gasteiger partial charge on any atom is -0.484 e. The van der Waals surface area contributed by atoms with Gasteiger partial charge in [-0.2, -0.15) is 5.26 Å². The minimum atomic E-state index is -0.497. The molecule has 1 unspecified atom stereocenters. The van der Waals surface area contributed by atoms with Crippen LogP contribution in [0.2, 0.25) is 0 Å². The summed E-state index contributed by atoms with van der Waals surface area (Å²) in [5, 5.41) is 22.6. The maximum atomic E-state index is 10.8. The molecule has 0 aliphatic heterocycles. The second kappa shape index (κ2) is 6.57. The summed E-state index contributed by atoms with van der Waals surface area (Å²) in [6.45, 7) is 4.41. The van der Waals surface area contributed by atoms with Crippen molar-refractivity contribution >= 4 is 5.69 Å². The van der Waals surface area contributed by atoms with Crippen molar-refractivity contribution in [1.82, 2.24) is 5.32 Å². The second-order valence-corrected chi connectivity index (χ2v) is 3.78. The average Bonchev–Trinajstić information content (AvgIpc) is 2.34. The molecule has 0 fully saturated rings. The summed E-state index contributed by atoms with van der Waals surface area (Å²) in [7, 11) is 0. The van der Waals surface area contributed by atoms with Crippen LogP contribution in [-0.4, -0.2) is 24.1 Å². The van der Waals surface area contributed by atoms with Crippen LogP contribution >= 0.6 is 0 Å². The van der Waals surface area contributed by atoms with Crippen LogP contribution in [0.15, 0.2) is 18.2 Å². The fraction of sp³-hybridized carbons (Fsp3) is 0.417. The molecule has 0 amide bonds. The Hall–Kier alpha value is -2.13. The predicted molar refractivity (Wildman–Crippen MR) is 66.4 cm³/mol. The van der Waals surface area contributed by atoms with Gasteiger partial charge in [-0.15, -0.1) is 0 Å².